The zero-order chi connectivity index (χ0) is 21.7. The van der Waals surface area contributed by atoms with Crippen molar-refractivity contribution in [3.63, 3.8) is 0 Å². The van der Waals surface area contributed by atoms with Crippen LogP contribution in [-0.2, 0) is 15.4 Å². The van der Waals surface area contributed by atoms with Crippen molar-refractivity contribution in [2.75, 3.05) is 14.2 Å². The number of carbonyl (C=O) groups excluding carboxylic acids is 1. The molecule has 0 aromatic heterocycles. The molecule has 0 aliphatic rings. The van der Waals surface area contributed by atoms with Gasteiger partial charge in [-0.05, 0) is 30.3 Å². The summed E-state index contributed by atoms with van der Waals surface area (Å²) in [6, 6.07) is 13.5. The van der Waals surface area contributed by atoms with Crippen molar-refractivity contribution in [3.05, 3.63) is 65.5 Å². The molecule has 1 amide bonds. The number of nitrogens with one attached hydrogen (secondary N) is 1. The van der Waals surface area contributed by atoms with E-state index in [9.17, 15) is 9.18 Å². The van der Waals surface area contributed by atoms with E-state index >= 15 is 0 Å². The molecule has 0 radical (unpaired) electrons. The number of hydrogen-bond donors (Lipinski definition) is 1. The first-order chi connectivity index (χ1) is 13.6. The lowest BCUT2D eigenvalue weighted by molar-refractivity contribution is -0.248. The summed E-state index contributed by atoms with van der Waals surface area (Å²) < 4.78 is 31.3. The molecule has 0 aliphatic heterocycles. The second kappa shape index (κ2) is 9.84. The van der Waals surface area contributed by atoms with Crippen molar-refractivity contribution in [1.29, 1.82) is 0 Å². The van der Waals surface area contributed by atoms with Crippen LogP contribution in [0.15, 0.2) is 48.5 Å². The van der Waals surface area contributed by atoms with Crippen LogP contribution in [0.2, 0.25) is 25.7 Å². The van der Waals surface area contributed by atoms with E-state index in [0.717, 1.165) is 6.04 Å². The van der Waals surface area contributed by atoms with E-state index in [4.69, 9.17) is 14.2 Å². The number of alkyl halides is 1. The maximum Gasteiger partial charge on any atom is 0.281 e. The fraction of sp³-hybridized carbons (Fsp3) is 0.381. The Bertz CT molecular complexity index is 831. The van der Waals surface area contributed by atoms with Crippen molar-refractivity contribution < 1.29 is 23.4 Å². The van der Waals surface area contributed by atoms with E-state index in [-0.39, 0.29) is 11.3 Å². The molecule has 8 heteroatoms. The first-order valence-electron chi connectivity index (χ1n) is 9.18. The maximum atomic E-state index is 14.2. The first-order valence-corrected chi connectivity index (χ1v) is 13.8. The lowest BCUT2D eigenvalue weighted by Crippen LogP contribution is -2.51. The molecule has 0 spiro atoms. The highest BCUT2D eigenvalue weighted by Crippen LogP contribution is 2.33. The van der Waals surface area contributed by atoms with E-state index in [1.165, 1.54) is 26.4 Å². The fourth-order valence-electron chi connectivity index (χ4n) is 2.77. The van der Waals surface area contributed by atoms with E-state index in [1.807, 2.05) is 6.07 Å². The third-order valence-corrected chi connectivity index (χ3v) is 6.86. The average Bonchev–Trinajstić information content (AvgIpc) is 2.66. The Labute approximate surface area is 180 Å². The van der Waals surface area contributed by atoms with Gasteiger partial charge in [-0.15, -0.1) is 0 Å². The Morgan fingerprint density at radius 1 is 1.17 bits per heavy atom. The fourth-order valence-corrected chi connectivity index (χ4v) is 6.99. The number of rotatable bonds is 9. The second-order valence-corrected chi connectivity index (χ2v) is 14.4. The highest BCUT2D eigenvalue weighted by Gasteiger charge is 2.40. The normalized spacial score (nSPS) is 14.7. The monoisotopic (exact) mass is 483 g/mol. The van der Waals surface area contributed by atoms with Gasteiger partial charge in [-0.3, -0.25) is 10.1 Å². The number of hydrogen-bond acceptors (Lipinski definition) is 4. The van der Waals surface area contributed by atoms with Crippen molar-refractivity contribution in [2.24, 2.45) is 0 Å². The number of ether oxygens (including phenoxy) is 3. The molecule has 2 aromatic rings. The summed E-state index contributed by atoms with van der Waals surface area (Å²) in [4.78, 5) is 12.9. The molecule has 2 rings (SSSR count). The van der Waals surface area contributed by atoms with Gasteiger partial charge < -0.3 is 14.2 Å². The van der Waals surface area contributed by atoms with Crippen LogP contribution in [0.3, 0.4) is 0 Å². The highest BCUT2D eigenvalue weighted by atomic mass is 79.9. The minimum Gasteiger partial charge on any atom is -0.497 e. The van der Waals surface area contributed by atoms with Gasteiger partial charge in [-0.2, -0.15) is 0 Å². The number of methoxy groups -OCH3 is 2. The third kappa shape index (κ3) is 6.63. The van der Waals surface area contributed by atoms with Crippen molar-refractivity contribution >= 4 is 29.9 Å². The average molecular weight is 484 g/mol. The summed E-state index contributed by atoms with van der Waals surface area (Å²) in [7, 11) is 1.33. The second-order valence-electron chi connectivity index (χ2n) is 7.81. The predicted octanol–water partition coefficient (Wildman–Crippen LogP) is 5.10. The van der Waals surface area contributed by atoms with Crippen LogP contribution in [0.4, 0.5) is 4.39 Å². The Balaban J connectivity index is 2.47. The lowest BCUT2D eigenvalue weighted by atomic mass is 10.1. The van der Waals surface area contributed by atoms with E-state index in [2.05, 4.69) is 40.9 Å². The molecule has 0 saturated heterocycles. The summed E-state index contributed by atoms with van der Waals surface area (Å²) in [6.45, 7) is 6.60. The molecule has 0 aliphatic carbocycles. The minimum absolute atomic E-state index is 0.279. The van der Waals surface area contributed by atoms with Crippen LogP contribution in [0.25, 0.3) is 0 Å². The topological polar surface area (TPSA) is 56.8 Å². The van der Waals surface area contributed by atoms with Crippen molar-refractivity contribution in [2.45, 2.75) is 36.6 Å². The SMILES string of the molecule is COc1cc(F)cc(C(NC(=O)c2ccccc2)(OC)OC(Br)C[Si](C)(C)C)c1. The molecule has 2 atom stereocenters. The van der Waals surface area contributed by atoms with Gasteiger partial charge in [-0.1, -0.05) is 53.8 Å². The number of halogens is 2. The largest absolute Gasteiger partial charge is 0.497 e. The van der Waals surface area contributed by atoms with Gasteiger partial charge in [0, 0.05) is 32.4 Å². The van der Waals surface area contributed by atoms with E-state index in [1.54, 1.807) is 30.3 Å². The highest BCUT2D eigenvalue weighted by molar-refractivity contribution is 9.09. The van der Waals surface area contributed by atoms with Gasteiger partial charge in [0.25, 0.3) is 11.8 Å². The molecule has 0 saturated carbocycles. The van der Waals surface area contributed by atoms with Crippen LogP contribution >= 0.6 is 15.9 Å². The van der Waals surface area contributed by atoms with Gasteiger partial charge in [0.15, 0.2) is 0 Å². The van der Waals surface area contributed by atoms with Crippen molar-refractivity contribution in [1.82, 2.24) is 5.32 Å². The van der Waals surface area contributed by atoms with Crippen LogP contribution in [0.1, 0.15) is 15.9 Å². The first kappa shape index (κ1) is 23.5. The molecule has 2 unspecified atom stereocenters. The Morgan fingerprint density at radius 3 is 2.38 bits per heavy atom. The molecular formula is C21H27BrFNO4Si. The van der Waals surface area contributed by atoms with Gasteiger partial charge >= 0.3 is 0 Å². The Morgan fingerprint density at radius 2 is 1.83 bits per heavy atom. The standard InChI is InChI=1S/C21H27BrFNO4Si/c1-26-18-12-16(11-17(23)13-18)21(27-2,28-19(22)14-29(3,4)5)24-20(25)15-9-7-6-8-10-15/h6-13,19H,14H2,1-5H3,(H,24,25). The zero-order valence-electron chi connectivity index (χ0n) is 17.3. The van der Waals surface area contributed by atoms with Crippen LogP contribution in [-0.4, -0.2) is 33.2 Å². The maximum absolute atomic E-state index is 14.2. The summed E-state index contributed by atoms with van der Waals surface area (Å²) in [5.41, 5.74) is 0.707. The van der Waals surface area contributed by atoms with Gasteiger partial charge in [0.2, 0.25) is 0 Å². The minimum atomic E-state index is -1.71. The number of carbonyl (C=O) groups is 1. The summed E-state index contributed by atoms with van der Waals surface area (Å²) >= 11 is 3.54. The molecule has 0 bridgehead atoms. The zero-order valence-corrected chi connectivity index (χ0v) is 19.9. The Hall–Kier alpha value is -1.74. The lowest BCUT2D eigenvalue weighted by Gasteiger charge is -2.36. The quantitative estimate of drug-likeness (QED) is 0.306. The van der Waals surface area contributed by atoms with E-state index < -0.39 is 30.7 Å². The Kier molecular flexibility index (Phi) is 7.99. The molecule has 0 heterocycles. The third-order valence-electron chi connectivity index (χ3n) is 4.16. The van der Waals surface area contributed by atoms with Gasteiger partial charge in [-0.25, -0.2) is 4.39 Å². The van der Waals surface area contributed by atoms with Crippen LogP contribution in [0.5, 0.6) is 5.75 Å². The molecule has 29 heavy (non-hydrogen) atoms. The molecule has 0 fully saturated rings. The van der Waals surface area contributed by atoms with Crippen LogP contribution in [0, 0.1) is 5.82 Å². The molecular weight excluding hydrogens is 457 g/mol. The number of benzene rings is 2. The van der Waals surface area contributed by atoms with Gasteiger partial charge in [0.05, 0.1) is 7.11 Å². The van der Waals surface area contributed by atoms with E-state index in [0.29, 0.717) is 5.56 Å². The predicted molar refractivity (Wildman–Crippen MR) is 118 cm³/mol. The molecule has 5 nitrogen and oxygen atoms in total. The summed E-state index contributed by atoms with van der Waals surface area (Å²) in [6.07, 6.45) is 0. The summed E-state index contributed by atoms with van der Waals surface area (Å²) in [5, 5.41) is 2.37. The van der Waals surface area contributed by atoms with Crippen molar-refractivity contribution in [3.8, 4) is 5.75 Å². The molecule has 2 aromatic carbocycles. The number of amides is 1. The smallest absolute Gasteiger partial charge is 0.281 e. The van der Waals surface area contributed by atoms with Crippen LogP contribution < -0.4 is 10.1 Å². The molecule has 1 N–H and O–H groups in total. The molecule has 158 valence electrons. The van der Waals surface area contributed by atoms with Gasteiger partial charge in [0.1, 0.15) is 16.6 Å². The summed E-state index contributed by atoms with van der Waals surface area (Å²) in [5.74, 6) is -2.37.